The molecule has 3 saturated heterocycles. The standard InChI is InChI=1S/C20H29N3O4/c1-12(2)17-8-16(13(3)27-17)20(26)22-9-14-6-7-15(10-22)23(19(14)25)11-18(24)21(4)5/h8,12,14-15H,6-7,9-11H2,1-5H3/t14-,15+/m0/s1. The van der Waals surface area contributed by atoms with Crippen LogP contribution in [0.5, 0.6) is 0 Å². The molecule has 7 heteroatoms. The molecular formula is C20H29N3O4. The Morgan fingerprint density at radius 2 is 1.96 bits per heavy atom. The van der Waals surface area contributed by atoms with Crippen LogP contribution in [0.1, 0.15) is 54.5 Å². The van der Waals surface area contributed by atoms with Gasteiger partial charge in [-0.2, -0.15) is 0 Å². The summed E-state index contributed by atoms with van der Waals surface area (Å²) < 4.78 is 5.73. The van der Waals surface area contributed by atoms with Crippen molar-refractivity contribution in [2.45, 2.75) is 45.6 Å². The van der Waals surface area contributed by atoms with Gasteiger partial charge in [0.15, 0.2) is 0 Å². The molecule has 1 aromatic rings. The number of amides is 3. The first-order chi connectivity index (χ1) is 12.7. The van der Waals surface area contributed by atoms with Gasteiger partial charge in [0, 0.05) is 39.1 Å². The molecule has 3 aliphatic heterocycles. The maximum atomic E-state index is 13.1. The van der Waals surface area contributed by atoms with Gasteiger partial charge in [0.05, 0.1) is 11.5 Å². The van der Waals surface area contributed by atoms with Crippen molar-refractivity contribution < 1.29 is 18.8 Å². The molecule has 27 heavy (non-hydrogen) atoms. The smallest absolute Gasteiger partial charge is 0.257 e. The van der Waals surface area contributed by atoms with Crippen LogP contribution in [0.15, 0.2) is 10.5 Å². The highest BCUT2D eigenvalue weighted by molar-refractivity contribution is 5.96. The van der Waals surface area contributed by atoms with Gasteiger partial charge in [-0.05, 0) is 25.8 Å². The lowest BCUT2D eigenvalue weighted by Gasteiger charge is -2.35. The van der Waals surface area contributed by atoms with Crippen LogP contribution < -0.4 is 0 Å². The second kappa shape index (κ2) is 7.37. The third-order valence-corrected chi connectivity index (χ3v) is 5.62. The molecule has 148 valence electrons. The average Bonchev–Trinajstić information content (AvgIpc) is 2.80. The second-order valence-corrected chi connectivity index (χ2v) is 8.17. The Morgan fingerprint density at radius 1 is 1.26 bits per heavy atom. The quantitative estimate of drug-likeness (QED) is 0.805. The normalized spacial score (nSPS) is 22.4. The molecule has 3 aliphatic rings. The van der Waals surface area contributed by atoms with Crippen molar-refractivity contribution in [1.29, 1.82) is 0 Å². The summed E-state index contributed by atoms with van der Waals surface area (Å²) in [6, 6.07) is 1.71. The maximum absolute atomic E-state index is 13.1. The van der Waals surface area contributed by atoms with E-state index in [1.807, 2.05) is 19.9 Å². The zero-order valence-electron chi connectivity index (χ0n) is 16.8. The van der Waals surface area contributed by atoms with Crippen molar-refractivity contribution >= 4 is 17.7 Å². The number of rotatable bonds is 4. The lowest BCUT2D eigenvalue weighted by atomic mass is 9.94. The summed E-state index contributed by atoms with van der Waals surface area (Å²) >= 11 is 0. The van der Waals surface area contributed by atoms with Crippen LogP contribution in [0.4, 0.5) is 0 Å². The van der Waals surface area contributed by atoms with E-state index in [0.29, 0.717) is 24.4 Å². The van der Waals surface area contributed by atoms with E-state index in [2.05, 4.69) is 0 Å². The molecule has 3 fully saturated rings. The molecule has 0 aromatic carbocycles. The number of carbonyl (C=O) groups is 3. The molecule has 0 unspecified atom stereocenters. The summed E-state index contributed by atoms with van der Waals surface area (Å²) in [5, 5.41) is 0. The number of likely N-dealkylation sites (N-methyl/N-ethyl adjacent to an activating group) is 1. The van der Waals surface area contributed by atoms with E-state index in [1.165, 1.54) is 4.90 Å². The molecule has 7 nitrogen and oxygen atoms in total. The van der Waals surface area contributed by atoms with Gasteiger partial charge < -0.3 is 19.1 Å². The number of hydrogen-bond acceptors (Lipinski definition) is 4. The van der Waals surface area contributed by atoms with Crippen molar-refractivity contribution in [3.8, 4) is 0 Å². The number of nitrogens with zero attached hydrogens (tertiary/aromatic N) is 3. The highest BCUT2D eigenvalue weighted by Crippen LogP contribution is 2.31. The Labute approximate surface area is 160 Å². The third kappa shape index (κ3) is 3.73. The SMILES string of the molecule is Cc1oc(C(C)C)cc1C(=O)N1C[C@@H]2CC[C@H](C1)N(CC(=O)N(C)C)C2=O. The zero-order valence-corrected chi connectivity index (χ0v) is 16.8. The minimum absolute atomic E-state index is 0.0106. The van der Waals surface area contributed by atoms with Gasteiger partial charge >= 0.3 is 0 Å². The molecule has 2 atom stereocenters. The zero-order chi connectivity index (χ0) is 19.9. The van der Waals surface area contributed by atoms with Crippen LogP contribution in [-0.4, -0.2) is 72.2 Å². The van der Waals surface area contributed by atoms with Gasteiger partial charge in [-0.15, -0.1) is 0 Å². The van der Waals surface area contributed by atoms with Crippen LogP contribution in [0.3, 0.4) is 0 Å². The summed E-state index contributed by atoms with van der Waals surface area (Å²) in [5.41, 5.74) is 0.573. The summed E-state index contributed by atoms with van der Waals surface area (Å²) in [4.78, 5) is 43.0. The largest absolute Gasteiger partial charge is 0.465 e. The van der Waals surface area contributed by atoms with E-state index in [1.54, 1.807) is 30.8 Å². The predicted octanol–water partition coefficient (Wildman–Crippen LogP) is 1.86. The molecule has 4 rings (SSSR count). The molecule has 0 N–H and O–H groups in total. The minimum Gasteiger partial charge on any atom is -0.465 e. The Bertz CT molecular complexity index is 752. The van der Waals surface area contributed by atoms with E-state index in [-0.39, 0.29) is 42.1 Å². The van der Waals surface area contributed by atoms with Gasteiger partial charge in [0.2, 0.25) is 11.8 Å². The first kappa shape index (κ1) is 19.5. The summed E-state index contributed by atoms with van der Waals surface area (Å²) in [7, 11) is 3.37. The molecule has 0 aliphatic carbocycles. The predicted molar refractivity (Wildman–Crippen MR) is 100 cm³/mol. The fraction of sp³-hybridized carbons (Fsp3) is 0.650. The van der Waals surface area contributed by atoms with Crippen molar-refractivity contribution in [1.82, 2.24) is 14.7 Å². The molecule has 0 radical (unpaired) electrons. The van der Waals surface area contributed by atoms with E-state index >= 15 is 0 Å². The molecular weight excluding hydrogens is 346 g/mol. The molecule has 4 heterocycles. The highest BCUT2D eigenvalue weighted by atomic mass is 16.3. The lowest BCUT2D eigenvalue weighted by Crippen LogP contribution is -2.51. The summed E-state index contributed by atoms with van der Waals surface area (Å²) in [6.45, 7) is 6.80. The fourth-order valence-electron chi connectivity index (χ4n) is 3.87. The van der Waals surface area contributed by atoms with Crippen LogP contribution in [0, 0.1) is 12.8 Å². The monoisotopic (exact) mass is 375 g/mol. The van der Waals surface area contributed by atoms with Crippen molar-refractivity contribution in [3.63, 3.8) is 0 Å². The van der Waals surface area contributed by atoms with E-state index < -0.39 is 0 Å². The Hall–Kier alpha value is -2.31. The van der Waals surface area contributed by atoms with Gasteiger partial charge in [-0.1, -0.05) is 13.8 Å². The average molecular weight is 375 g/mol. The Balaban J connectivity index is 1.81. The van der Waals surface area contributed by atoms with E-state index in [9.17, 15) is 14.4 Å². The van der Waals surface area contributed by atoms with Crippen LogP contribution in [0.25, 0.3) is 0 Å². The second-order valence-electron chi connectivity index (χ2n) is 8.17. The van der Waals surface area contributed by atoms with Gasteiger partial charge in [0.1, 0.15) is 18.1 Å². The Kier molecular flexibility index (Phi) is 5.31. The van der Waals surface area contributed by atoms with Gasteiger partial charge in [0.25, 0.3) is 5.91 Å². The van der Waals surface area contributed by atoms with Crippen molar-refractivity contribution in [3.05, 3.63) is 23.2 Å². The summed E-state index contributed by atoms with van der Waals surface area (Å²) in [5.74, 6) is 1.19. The molecule has 2 bridgehead atoms. The number of aryl methyl sites for hydroxylation is 1. The molecule has 0 saturated carbocycles. The number of hydrogen-bond donors (Lipinski definition) is 0. The first-order valence-electron chi connectivity index (χ1n) is 9.59. The van der Waals surface area contributed by atoms with Crippen LogP contribution in [-0.2, 0) is 9.59 Å². The first-order valence-corrected chi connectivity index (χ1v) is 9.59. The minimum atomic E-state index is -0.237. The van der Waals surface area contributed by atoms with E-state index in [0.717, 1.165) is 18.6 Å². The number of furan rings is 1. The number of fused-ring (bicyclic) bond motifs is 4. The molecule has 1 aromatic heterocycles. The lowest BCUT2D eigenvalue weighted by molar-refractivity contribution is -0.145. The highest BCUT2D eigenvalue weighted by Gasteiger charge is 2.43. The summed E-state index contributed by atoms with van der Waals surface area (Å²) in [6.07, 6.45) is 1.59. The Morgan fingerprint density at radius 3 is 2.56 bits per heavy atom. The van der Waals surface area contributed by atoms with E-state index in [4.69, 9.17) is 4.42 Å². The van der Waals surface area contributed by atoms with Crippen molar-refractivity contribution in [2.24, 2.45) is 5.92 Å². The van der Waals surface area contributed by atoms with Crippen LogP contribution in [0.2, 0.25) is 0 Å². The number of piperidine rings is 1. The number of carbonyl (C=O) groups excluding carboxylic acids is 3. The topological polar surface area (TPSA) is 74.1 Å². The van der Waals surface area contributed by atoms with Gasteiger partial charge in [-0.3, -0.25) is 14.4 Å². The van der Waals surface area contributed by atoms with Crippen LogP contribution >= 0.6 is 0 Å². The third-order valence-electron chi connectivity index (χ3n) is 5.62. The fourth-order valence-corrected chi connectivity index (χ4v) is 3.87. The maximum Gasteiger partial charge on any atom is 0.257 e. The van der Waals surface area contributed by atoms with Crippen molar-refractivity contribution in [2.75, 3.05) is 33.7 Å². The molecule has 3 amide bonds. The van der Waals surface area contributed by atoms with Gasteiger partial charge in [-0.25, -0.2) is 0 Å². The molecule has 0 spiro atoms.